The van der Waals surface area contributed by atoms with Crippen molar-refractivity contribution in [3.63, 3.8) is 0 Å². The third kappa shape index (κ3) is 3.65. The van der Waals surface area contributed by atoms with Crippen LogP contribution in [0.3, 0.4) is 0 Å². The molecule has 1 aromatic carbocycles. The molecule has 0 bridgehead atoms. The van der Waals surface area contributed by atoms with Crippen LogP contribution in [0, 0.1) is 5.92 Å². The van der Waals surface area contributed by atoms with Crippen molar-refractivity contribution >= 4 is 46.7 Å². The summed E-state index contributed by atoms with van der Waals surface area (Å²) in [6.45, 7) is 0.257. The van der Waals surface area contributed by atoms with Crippen LogP contribution in [0.5, 0.6) is 0 Å². The number of piperidine rings is 1. The third-order valence-electron chi connectivity index (χ3n) is 3.17. The number of benzene rings is 1. The highest BCUT2D eigenvalue weighted by Gasteiger charge is 2.25. The second-order valence-corrected chi connectivity index (χ2v) is 5.46. The molecule has 3 N–H and O–H groups in total. The average Bonchev–Trinajstić information content (AvgIpc) is 2.43. The second-order valence-electron chi connectivity index (χ2n) is 4.65. The molecule has 1 unspecified atom stereocenters. The molecule has 0 aliphatic carbocycles. The van der Waals surface area contributed by atoms with Gasteiger partial charge >= 0.3 is 5.97 Å². The van der Waals surface area contributed by atoms with Crippen molar-refractivity contribution in [3.05, 3.63) is 27.7 Å². The van der Waals surface area contributed by atoms with Gasteiger partial charge in [-0.25, -0.2) is 4.79 Å². The smallest absolute Gasteiger partial charge is 0.335 e. The van der Waals surface area contributed by atoms with Crippen molar-refractivity contribution in [1.29, 1.82) is 0 Å². The summed E-state index contributed by atoms with van der Waals surface area (Å²) in [6, 6.07) is 2.43. The molecular formula is C13H12Cl2N2O4. The number of rotatable bonds is 3. The third-order valence-corrected chi connectivity index (χ3v) is 3.77. The minimum Gasteiger partial charge on any atom is -0.478 e. The summed E-state index contributed by atoms with van der Waals surface area (Å²) in [5.74, 6) is -1.93. The van der Waals surface area contributed by atoms with Crippen molar-refractivity contribution in [2.75, 3.05) is 11.9 Å². The Morgan fingerprint density at radius 2 is 1.90 bits per heavy atom. The number of nitrogens with one attached hydrogen (secondary N) is 2. The number of carbonyl (C=O) groups is 3. The molecule has 1 atom stereocenters. The quantitative estimate of drug-likeness (QED) is 0.791. The number of carboxylic acids is 1. The van der Waals surface area contributed by atoms with Crippen LogP contribution in [-0.4, -0.2) is 29.4 Å². The molecule has 1 aliphatic heterocycles. The summed E-state index contributed by atoms with van der Waals surface area (Å²) in [5, 5.41) is 14.2. The summed E-state index contributed by atoms with van der Waals surface area (Å²) in [7, 11) is 0. The molecule has 0 aromatic heterocycles. The molecule has 1 fully saturated rings. The van der Waals surface area contributed by atoms with Gasteiger partial charge in [0.1, 0.15) is 0 Å². The normalized spacial score (nSPS) is 18.0. The van der Waals surface area contributed by atoms with E-state index in [1.54, 1.807) is 0 Å². The minimum atomic E-state index is -1.16. The van der Waals surface area contributed by atoms with Gasteiger partial charge < -0.3 is 15.7 Å². The lowest BCUT2D eigenvalue weighted by molar-refractivity contribution is -0.126. The summed E-state index contributed by atoms with van der Waals surface area (Å²) < 4.78 is 0. The highest BCUT2D eigenvalue weighted by molar-refractivity contribution is 6.40. The fourth-order valence-electron chi connectivity index (χ4n) is 2.00. The largest absolute Gasteiger partial charge is 0.478 e. The van der Waals surface area contributed by atoms with E-state index >= 15 is 0 Å². The fraction of sp³-hybridized carbons (Fsp3) is 0.308. The number of aromatic carboxylic acids is 1. The monoisotopic (exact) mass is 330 g/mol. The van der Waals surface area contributed by atoms with Gasteiger partial charge in [0.2, 0.25) is 11.8 Å². The van der Waals surface area contributed by atoms with Gasteiger partial charge in [0.15, 0.2) is 0 Å². The van der Waals surface area contributed by atoms with Crippen LogP contribution in [0.4, 0.5) is 5.69 Å². The van der Waals surface area contributed by atoms with Gasteiger partial charge in [-0.2, -0.15) is 0 Å². The second kappa shape index (κ2) is 6.32. The first-order valence-corrected chi connectivity index (χ1v) is 6.94. The van der Waals surface area contributed by atoms with Crippen molar-refractivity contribution in [2.24, 2.45) is 5.92 Å². The highest BCUT2D eigenvalue weighted by atomic mass is 35.5. The molecule has 21 heavy (non-hydrogen) atoms. The number of anilines is 1. The highest BCUT2D eigenvalue weighted by Crippen LogP contribution is 2.32. The Labute approximate surface area is 130 Å². The molecule has 112 valence electrons. The van der Waals surface area contributed by atoms with Gasteiger partial charge in [-0.05, 0) is 18.6 Å². The van der Waals surface area contributed by atoms with Crippen LogP contribution in [0.2, 0.25) is 10.0 Å². The molecule has 8 heteroatoms. The lowest BCUT2D eigenvalue weighted by atomic mass is 9.98. The van der Waals surface area contributed by atoms with E-state index in [-0.39, 0.29) is 52.0 Å². The average molecular weight is 331 g/mol. The Bertz CT molecular complexity index is 585. The number of carboxylic acid groups (broad SMARTS) is 1. The number of hydrogen-bond donors (Lipinski definition) is 3. The predicted octanol–water partition coefficient (Wildman–Crippen LogP) is 2.16. The standard InChI is InChI=1S/C13H12Cl2N2O4/c14-8-3-7(13(20)21)4-9(15)11(8)17-12(19)6-1-2-10(18)16-5-6/h3-4,6H,1-2,5H2,(H,16,18)(H,17,19)(H,20,21). The van der Waals surface area contributed by atoms with E-state index in [9.17, 15) is 14.4 Å². The molecule has 1 aliphatic rings. The van der Waals surface area contributed by atoms with Gasteiger partial charge in [-0.15, -0.1) is 0 Å². The van der Waals surface area contributed by atoms with Crippen LogP contribution in [0.25, 0.3) is 0 Å². The van der Waals surface area contributed by atoms with E-state index in [0.29, 0.717) is 6.42 Å². The van der Waals surface area contributed by atoms with E-state index < -0.39 is 5.97 Å². The molecule has 1 saturated heterocycles. The predicted molar refractivity (Wildman–Crippen MR) is 77.8 cm³/mol. The van der Waals surface area contributed by atoms with Gasteiger partial charge in [0.25, 0.3) is 0 Å². The van der Waals surface area contributed by atoms with Crippen molar-refractivity contribution in [3.8, 4) is 0 Å². The minimum absolute atomic E-state index is 0.0492. The van der Waals surface area contributed by atoms with E-state index in [0.717, 1.165) is 0 Å². The Kier molecular flexibility index (Phi) is 4.69. The maximum atomic E-state index is 12.1. The summed E-state index contributed by atoms with van der Waals surface area (Å²) in [5.41, 5.74) is 0.109. The maximum absolute atomic E-state index is 12.1. The Balaban J connectivity index is 2.14. The van der Waals surface area contributed by atoms with Gasteiger partial charge in [0, 0.05) is 13.0 Å². The molecule has 0 saturated carbocycles. The van der Waals surface area contributed by atoms with Crippen LogP contribution < -0.4 is 10.6 Å². The molecule has 1 heterocycles. The maximum Gasteiger partial charge on any atom is 0.335 e. The van der Waals surface area contributed by atoms with E-state index in [2.05, 4.69) is 10.6 Å². The van der Waals surface area contributed by atoms with Gasteiger partial charge in [-0.3, -0.25) is 9.59 Å². The Hall–Kier alpha value is -1.79. The molecule has 0 spiro atoms. The van der Waals surface area contributed by atoms with Crippen molar-refractivity contribution < 1.29 is 19.5 Å². The summed E-state index contributed by atoms with van der Waals surface area (Å²) in [4.78, 5) is 34.0. The van der Waals surface area contributed by atoms with Crippen LogP contribution in [0.15, 0.2) is 12.1 Å². The van der Waals surface area contributed by atoms with Crippen molar-refractivity contribution in [1.82, 2.24) is 5.32 Å². The Morgan fingerprint density at radius 1 is 1.29 bits per heavy atom. The van der Waals surface area contributed by atoms with Gasteiger partial charge in [0.05, 0.1) is 27.2 Å². The van der Waals surface area contributed by atoms with Crippen LogP contribution >= 0.6 is 23.2 Å². The molecule has 2 rings (SSSR count). The van der Waals surface area contributed by atoms with E-state index in [1.807, 2.05) is 0 Å². The van der Waals surface area contributed by atoms with E-state index in [1.165, 1.54) is 12.1 Å². The lowest BCUT2D eigenvalue weighted by Crippen LogP contribution is -2.40. The molecule has 0 radical (unpaired) electrons. The van der Waals surface area contributed by atoms with Gasteiger partial charge in [-0.1, -0.05) is 23.2 Å². The zero-order valence-corrected chi connectivity index (χ0v) is 12.3. The first kappa shape index (κ1) is 15.6. The SMILES string of the molecule is O=C1CCC(C(=O)Nc2c(Cl)cc(C(=O)O)cc2Cl)CN1. The topological polar surface area (TPSA) is 95.5 Å². The van der Waals surface area contributed by atoms with Crippen LogP contribution in [0.1, 0.15) is 23.2 Å². The zero-order valence-electron chi connectivity index (χ0n) is 10.8. The fourth-order valence-corrected chi connectivity index (χ4v) is 2.58. The summed E-state index contributed by atoms with van der Waals surface area (Å²) >= 11 is 11.9. The molecule has 6 nitrogen and oxygen atoms in total. The number of amides is 2. The first-order chi connectivity index (χ1) is 9.88. The Morgan fingerprint density at radius 3 is 2.38 bits per heavy atom. The number of hydrogen-bond acceptors (Lipinski definition) is 3. The lowest BCUT2D eigenvalue weighted by Gasteiger charge is -2.22. The summed E-state index contributed by atoms with van der Waals surface area (Å²) in [6.07, 6.45) is 0.734. The number of carbonyl (C=O) groups excluding carboxylic acids is 2. The van der Waals surface area contributed by atoms with Crippen molar-refractivity contribution in [2.45, 2.75) is 12.8 Å². The molecule has 2 amide bonds. The van der Waals surface area contributed by atoms with Crippen LogP contribution in [-0.2, 0) is 9.59 Å². The van der Waals surface area contributed by atoms with E-state index in [4.69, 9.17) is 28.3 Å². The molecular weight excluding hydrogens is 319 g/mol. The zero-order chi connectivity index (χ0) is 15.6. The first-order valence-electron chi connectivity index (χ1n) is 6.18. The number of halogens is 2. The molecule has 1 aromatic rings.